The third kappa shape index (κ3) is 3.52. The second-order valence-electron chi connectivity index (χ2n) is 7.12. The Balaban J connectivity index is 1.41. The van der Waals surface area contributed by atoms with Gasteiger partial charge in [0.05, 0.1) is 27.2 Å². The number of fused-ring (bicyclic) bond motifs is 1. The van der Waals surface area contributed by atoms with Crippen molar-refractivity contribution in [1.29, 1.82) is 0 Å². The molecule has 0 saturated carbocycles. The van der Waals surface area contributed by atoms with Crippen molar-refractivity contribution in [3.8, 4) is 17.2 Å². The van der Waals surface area contributed by atoms with Crippen LogP contribution in [0.2, 0.25) is 0 Å². The molecule has 0 bridgehead atoms. The molecule has 0 atom stereocenters. The summed E-state index contributed by atoms with van der Waals surface area (Å²) >= 11 is 0. The van der Waals surface area contributed by atoms with Gasteiger partial charge in [0, 0.05) is 37.1 Å². The van der Waals surface area contributed by atoms with E-state index in [0.29, 0.717) is 39.0 Å². The smallest absolute Gasteiger partial charge is 0.227 e. The maximum atomic E-state index is 12.8. The number of carbonyl (C=O) groups is 1. The van der Waals surface area contributed by atoms with Gasteiger partial charge in [0.1, 0.15) is 5.75 Å². The quantitative estimate of drug-likeness (QED) is 0.812. The van der Waals surface area contributed by atoms with Crippen molar-refractivity contribution < 1.29 is 23.7 Å². The molecule has 1 spiro atoms. The molecule has 1 amide bonds. The Kier molecular flexibility index (Phi) is 5.13. The molecule has 0 aromatic heterocycles. The zero-order valence-corrected chi connectivity index (χ0v) is 16.3. The van der Waals surface area contributed by atoms with Crippen LogP contribution < -0.4 is 14.2 Å². The Morgan fingerprint density at radius 2 is 1.75 bits per heavy atom. The molecule has 28 heavy (non-hydrogen) atoms. The number of amides is 1. The van der Waals surface area contributed by atoms with Gasteiger partial charge in [-0.15, -0.1) is 0 Å². The van der Waals surface area contributed by atoms with Crippen molar-refractivity contribution in [1.82, 2.24) is 4.90 Å². The van der Waals surface area contributed by atoms with Gasteiger partial charge in [0.2, 0.25) is 11.7 Å². The van der Waals surface area contributed by atoms with Crippen LogP contribution in [0.3, 0.4) is 0 Å². The number of carbonyl (C=O) groups excluding carboxylic acids is 1. The summed E-state index contributed by atoms with van der Waals surface area (Å²) < 4.78 is 23.1. The normalized spacial score (nSPS) is 17.6. The lowest BCUT2D eigenvalue weighted by Gasteiger charge is -2.44. The molecule has 2 aromatic rings. The second-order valence-corrected chi connectivity index (χ2v) is 7.12. The minimum absolute atomic E-state index is 0.0909. The molecule has 1 fully saturated rings. The van der Waals surface area contributed by atoms with E-state index in [2.05, 4.69) is 0 Å². The van der Waals surface area contributed by atoms with Gasteiger partial charge in [-0.3, -0.25) is 4.79 Å². The molecule has 2 aliphatic rings. The lowest BCUT2D eigenvalue weighted by molar-refractivity contribution is -0.228. The van der Waals surface area contributed by atoms with Gasteiger partial charge < -0.3 is 23.8 Å². The van der Waals surface area contributed by atoms with E-state index in [-0.39, 0.29) is 5.91 Å². The Morgan fingerprint density at radius 3 is 2.50 bits per heavy atom. The summed E-state index contributed by atoms with van der Waals surface area (Å²) in [6.45, 7) is 1.68. The predicted molar refractivity (Wildman–Crippen MR) is 104 cm³/mol. The third-order valence-corrected chi connectivity index (χ3v) is 5.47. The molecule has 0 aliphatic carbocycles. The fourth-order valence-corrected chi connectivity index (χ4v) is 3.84. The van der Waals surface area contributed by atoms with E-state index in [0.717, 1.165) is 28.4 Å². The summed E-state index contributed by atoms with van der Waals surface area (Å²) in [5, 5.41) is 0. The van der Waals surface area contributed by atoms with Crippen molar-refractivity contribution in [3.05, 3.63) is 53.6 Å². The van der Waals surface area contributed by atoms with E-state index in [1.807, 2.05) is 47.4 Å². The Labute approximate surface area is 165 Å². The lowest BCUT2D eigenvalue weighted by atomic mass is 10.00. The number of nitrogens with zero attached hydrogens (tertiary/aromatic N) is 1. The van der Waals surface area contributed by atoms with Crippen LogP contribution >= 0.6 is 0 Å². The fourth-order valence-electron chi connectivity index (χ4n) is 3.84. The summed E-state index contributed by atoms with van der Waals surface area (Å²) in [5.41, 5.74) is 1.89. The van der Waals surface area contributed by atoms with Crippen LogP contribution in [0.15, 0.2) is 42.5 Å². The number of rotatable bonds is 4. The highest BCUT2D eigenvalue weighted by Gasteiger charge is 2.42. The van der Waals surface area contributed by atoms with Crippen LogP contribution in [-0.4, -0.2) is 43.9 Å². The molecule has 2 aliphatic heterocycles. The summed E-state index contributed by atoms with van der Waals surface area (Å²) in [6, 6.07) is 13.4. The van der Waals surface area contributed by atoms with E-state index in [1.54, 1.807) is 14.2 Å². The summed E-state index contributed by atoms with van der Waals surface area (Å²) in [6.07, 6.45) is 1.58. The molecule has 2 aromatic carbocycles. The van der Waals surface area contributed by atoms with Crippen molar-refractivity contribution in [2.45, 2.75) is 31.7 Å². The van der Waals surface area contributed by atoms with Crippen LogP contribution in [-0.2, 0) is 22.6 Å². The van der Waals surface area contributed by atoms with Crippen molar-refractivity contribution in [3.63, 3.8) is 0 Å². The third-order valence-electron chi connectivity index (χ3n) is 5.47. The molecule has 148 valence electrons. The summed E-state index contributed by atoms with van der Waals surface area (Å²) in [4.78, 5) is 14.7. The van der Waals surface area contributed by atoms with E-state index in [4.69, 9.17) is 18.9 Å². The van der Waals surface area contributed by atoms with Gasteiger partial charge in [0.15, 0.2) is 11.5 Å². The maximum absolute atomic E-state index is 12.8. The van der Waals surface area contributed by atoms with Crippen LogP contribution in [0.1, 0.15) is 24.0 Å². The molecule has 6 heteroatoms. The van der Waals surface area contributed by atoms with Crippen molar-refractivity contribution in [2.24, 2.45) is 0 Å². The highest BCUT2D eigenvalue weighted by molar-refractivity contribution is 5.79. The lowest BCUT2D eigenvalue weighted by Crippen LogP contribution is -2.52. The van der Waals surface area contributed by atoms with Gasteiger partial charge in [-0.2, -0.15) is 0 Å². The summed E-state index contributed by atoms with van der Waals surface area (Å²) in [7, 11) is 3.26. The highest BCUT2D eigenvalue weighted by atomic mass is 16.7. The molecule has 2 heterocycles. The number of hydrogen-bond donors (Lipinski definition) is 0. The predicted octanol–water partition coefficient (Wildman–Crippen LogP) is 3.17. The number of ether oxygens (including phenoxy) is 4. The maximum Gasteiger partial charge on any atom is 0.227 e. The topological polar surface area (TPSA) is 57.2 Å². The van der Waals surface area contributed by atoms with Gasteiger partial charge >= 0.3 is 0 Å². The number of piperidine rings is 1. The molecule has 6 nitrogen and oxygen atoms in total. The average molecular weight is 383 g/mol. The van der Waals surface area contributed by atoms with Crippen LogP contribution in [0.4, 0.5) is 0 Å². The molecule has 1 saturated heterocycles. The fraction of sp³-hybridized carbons (Fsp3) is 0.409. The van der Waals surface area contributed by atoms with Crippen molar-refractivity contribution >= 4 is 5.91 Å². The highest BCUT2D eigenvalue weighted by Crippen LogP contribution is 2.42. The van der Waals surface area contributed by atoms with E-state index >= 15 is 0 Å². The first-order valence-corrected chi connectivity index (χ1v) is 9.53. The first-order valence-electron chi connectivity index (χ1n) is 9.53. The zero-order chi connectivity index (χ0) is 19.6. The molecular formula is C22H25NO5. The molecular weight excluding hydrogens is 358 g/mol. The molecule has 0 unspecified atom stereocenters. The van der Waals surface area contributed by atoms with E-state index < -0.39 is 5.79 Å². The van der Waals surface area contributed by atoms with Crippen LogP contribution in [0, 0.1) is 0 Å². The van der Waals surface area contributed by atoms with Crippen molar-refractivity contribution in [2.75, 3.05) is 27.3 Å². The summed E-state index contributed by atoms with van der Waals surface area (Å²) in [5.74, 6) is 1.61. The van der Waals surface area contributed by atoms with Gasteiger partial charge in [0.25, 0.3) is 0 Å². The number of para-hydroxylation sites is 2. The number of likely N-dealkylation sites (tertiary alicyclic amines) is 1. The average Bonchev–Trinajstić information content (AvgIpc) is 2.74. The van der Waals surface area contributed by atoms with E-state index in [9.17, 15) is 4.79 Å². The molecule has 0 radical (unpaired) electrons. The SMILES string of the molecule is COc1ccccc1CC(=O)N1CCC2(CC1)OCc1cccc(OC)c1O2. The molecule has 4 rings (SSSR count). The molecule has 0 N–H and O–H groups in total. The van der Waals surface area contributed by atoms with Gasteiger partial charge in [-0.1, -0.05) is 30.3 Å². The monoisotopic (exact) mass is 383 g/mol. The number of hydrogen-bond acceptors (Lipinski definition) is 5. The standard InChI is InChI=1S/C22H25NO5/c1-25-18-8-4-3-6-16(18)14-20(24)23-12-10-22(11-13-23)27-15-17-7-5-9-19(26-2)21(17)28-22/h3-9H,10-15H2,1-2H3. The second kappa shape index (κ2) is 7.72. The minimum atomic E-state index is -0.692. The Bertz CT molecular complexity index is 844. The van der Waals surface area contributed by atoms with Crippen LogP contribution in [0.5, 0.6) is 17.2 Å². The number of methoxy groups -OCH3 is 2. The zero-order valence-electron chi connectivity index (χ0n) is 16.3. The minimum Gasteiger partial charge on any atom is -0.496 e. The first kappa shape index (κ1) is 18.6. The van der Waals surface area contributed by atoms with Gasteiger partial charge in [-0.25, -0.2) is 0 Å². The Morgan fingerprint density at radius 1 is 1.04 bits per heavy atom. The van der Waals surface area contributed by atoms with Crippen LogP contribution in [0.25, 0.3) is 0 Å². The van der Waals surface area contributed by atoms with Gasteiger partial charge in [-0.05, 0) is 12.1 Å². The van der Waals surface area contributed by atoms with E-state index in [1.165, 1.54) is 0 Å². The number of benzene rings is 2. The Hall–Kier alpha value is -2.73. The first-order chi connectivity index (χ1) is 13.6. The largest absolute Gasteiger partial charge is 0.496 e.